The summed E-state index contributed by atoms with van der Waals surface area (Å²) >= 11 is 0. The molecule has 0 amide bonds. The smallest absolute Gasteiger partial charge is 0.349 e. The van der Waals surface area contributed by atoms with Crippen molar-refractivity contribution in [3.8, 4) is 11.5 Å². The molecular weight excluding hydrogens is 496 g/mol. The molecule has 0 saturated carbocycles. The van der Waals surface area contributed by atoms with Crippen molar-refractivity contribution >= 4 is 16.7 Å². The average Bonchev–Trinajstić information content (AvgIpc) is 2.87. The predicted octanol–water partition coefficient (Wildman–Crippen LogP) is 2.28. The molecule has 1 aromatic carbocycles. The van der Waals surface area contributed by atoms with Gasteiger partial charge >= 0.3 is 5.63 Å². The Balaban J connectivity index is 1.53. The molecule has 0 radical (unpaired) electrons. The van der Waals surface area contributed by atoms with Gasteiger partial charge in [-0.25, -0.2) is 4.79 Å². The molecule has 11 heteroatoms. The number of benzene rings is 1. The van der Waals surface area contributed by atoms with E-state index in [9.17, 15) is 20.1 Å². The van der Waals surface area contributed by atoms with E-state index in [2.05, 4.69) is 10.1 Å². The van der Waals surface area contributed by atoms with Gasteiger partial charge in [-0.2, -0.15) is 0 Å². The van der Waals surface area contributed by atoms with E-state index >= 15 is 0 Å². The largest absolute Gasteiger partial charge is 0.506 e. The third-order valence-electron chi connectivity index (χ3n) is 7.30. The molecule has 4 atom stereocenters. The van der Waals surface area contributed by atoms with Gasteiger partial charge in [-0.15, -0.1) is 0 Å². The van der Waals surface area contributed by atoms with Crippen molar-refractivity contribution in [1.29, 1.82) is 0 Å². The molecule has 0 unspecified atom stereocenters. The lowest BCUT2D eigenvalue weighted by Gasteiger charge is -2.46. The SMILES string of the molecule is CO[C@@H]1[C@@H](O)[C@@H](O)[C@H](Oc2ccc3c(O)c(C(C)=NOCCN4CCCCC4)c(=O)oc3c2C)OC1(C)C. The van der Waals surface area contributed by atoms with Gasteiger partial charge in [-0.1, -0.05) is 11.6 Å². The normalized spacial score (nSPS) is 26.4. The highest BCUT2D eigenvalue weighted by atomic mass is 16.7. The molecule has 2 fully saturated rings. The summed E-state index contributed by atoms with van der Waals surface area (Å²) in [6.45, 7) is 9.89. The molecule has 3 N–H and O–H groups in total. The van der Waals surface area contributed by atoms with Gasteiger partial charge in [-0.05, 0) is 65.8 Å². The lowest BCUT2D eigenvalue weighted by molar-refractivity contribution is -0.306. The number of aryl methyl sites for hydroxylation is 1. The number of hydrogen-bond donors (Lipinski definition) is 3. The first-order valence-electron chi connectivity index (χ1n) is 13.0. The number of likely N-dealkylation sites (tertiary alicyclic amines) is 1. The minimum atomic E-state index is -1.39. The zero-order valence-corrected chi connectivity index (χ0v) is 22.6. The first-order chi connectivity index (χ1) is 18.0. The molecule has 0 aliphatic carbocycles. The van der Waals surface area contributed by atoms with Crippen LogP contribution in [0.3, 0.4) is 0 Å². The lowest BCUT2D eigenvalue weighted by atomic mass is 9.89. The monoisotopic (exact) mass is 534 g/mol. The number of rotatable bonds is 8. The zero-order chi connectivity index (χ0) is 27.6. The van der Waals surface area contributed by atoms with E-state index < -0.39 is 35.8 Å². The number of aliphatic hydroxyl groups is 2. The number of oxime groups is 1. The second kappa shape index (κ2) is 11.6. The van der Waals surface area contributed by atoms with Gasteiger partial charge in [0.05, 0.1) is 16.7 Å². The Morgan fingerprint density at radius 3 is 2.58 bits per heavy atom. The zero-order valence-electron chi connectivity index (χ0n) is 22.6. The van der Waals surface area contributed by atoms with Crippen molar-refractivity contribution < 1.29 is 38.8 Å². The van der Waals surface area contributed by atoms with E-state index in [0.29, 0.717) is 12.2 Å². The molecule has 2 saturated heterocycles. The Hall–Kier alpha value is -2.70. The summed E-state index contributed by atoms with van der Waals surface area (Å²) in [6.07, 6.45) is -0.986. The minimum absolute atomic E-state index is 0.0787. The third-order valence-corrected chi connectivity index (χ3v) is 7.30. The second-order valence-corrected chi connectivity index (χ2v) is 10.4. The topological polar surface area (TPSA) is 143 Å². The summed E-state index contributed by atoms with van der Waals surface area (Å²) in [6, 6.07) is 3.11. The molecule has 4 rings (SSSR count). The van der Waals surface area contributed by atoms with Crippen LogP contribution in [-0.2, 0) is 14.3 Å². The van der Waals surface area contributed by atoms with Crippen molar-refractivity contribution in [3.63, 3.8) is 0 Å². The number of fused-ring (bicyclic) bond motifs is 1. The van der Waals surface area contributed by atoms with Crippen LogP contribution in [0.25, 0.3) is 11.0 Å². The summed E-state index contributed by atoms with van der Waals surface area (Å²) in [5.41, 5.74) is -1.07. The maximum absolute atomic E-state index is 12.9. The molecule has 210 valence electrons. The third kappa shape index (κ3) is 5.67. The fourth-order valence-electron chi connectivity index (χ4n) is 5.18. The summed E-state index contributed by atoms with van der Waals surface area (Å²) in [5, 5.41) is 36.3. The molecule has 2 aliphatic heterocycles. The number of ether oxygens (including phenoxy) is 3. The molecule has 38 heavy (non-hydrogen) atoms. The fraction of sp³-hybridized carbons (Fsp3) is 0.630. The predicted molar refractivity (Wildman–Crippen MR) is 140 cm³/mol. The van der Waals surface area contributed by atoms with Gasteiger partial charge in [0, 0.05) is 19.2 Å². The van der Waals surface area contributed by atoms with Crippen molar-refractivity contribution in [2.75, 3.05) is 33.4 Å². The van der Waals surface area contributed by atoms with Crippen LogP contribution in [0.2, 0.25) is 0 Å². The van der Waals surface area contributed by atoms with Crippen LogP contribution in [0.15, 0.2) is 26.5 Å². The summed E-state index contributed by atoms with van der Waals surface area (Å²) < 4.78 is 22.6. The molecular formula is C27H38N2O9. The van der Waals surface area contributed by atoms with Crippen LogP contribution in [0.1, 0.15) is 51.2 Å². The molecule has 1 aromatic heterocycles. The van der Waals surface area contributed by atoms with E-state index in [-0.39, 0.29) is 33.7 Å². The number of aliphatic hydroxyl groups excluding tert-OH is 2. The molecule has 0 bridgehead atoms. The van der Waals surface area contributed by atoms with Gasteiger partial charge < -0.3 is 38.8 Å². The highest BCUT2D eigenvalue weighted by molar-refractivity contribution is 6.04. The van der Waals surface area contributed by atoms with Crippen LogP contribution >= 0.6 is 0 Å². The van der Waals surface area contributed by atoms with Crippen LogP contribution in [0.5, 0.6) is 11.5 Å². The van der Waals surface area contributed by atoms with Crippen LogP contribution < -0.4 is 10.4 Å². The minimum Gasteiger partial charge on any atom is -0.506 e. The number of piperidine rings is 1. The van der Waals surface area contributed by atoms with E-state index in [4.69, 9.17) is 23.5 Å². The van der Waals surface area contributed by atoms with Crippen LogP contribution in [0, 0.1) is 6.92 Å². The van der Waals surface area contributed by atoms with E-state index in [1.54, 1.807) is 39.8 Å². The molecule has 11 nitrogen and oxygen atoms in total. The summed E-state index contributed by atoms with van der Waals surface area (Å²) in [7, 11) is 1.43. The maximum Gasteiger partial charge on any atom is 0.349 e. The molecule has 0 spiro atoms. The van der Waals surface area contributed by atoms with Gasteiger partial charge in [0.25, 0.3) is 0 Å². The highest BCUT2D eigenvalue weighted by Gasteiger charge is 2.50. The first-order valence-corrected chi connectivity index (χ1v) is 13.0. The van der Waals surface area contributed by atoms with Crippen molar-refractivity contribution in [2.24, 2.45) is 5.16 Å². The van der Waals surface area contributed by atoms with Crippen molar-refractivity contribution in [1.82, 2.24) is 4.90 Å². The summed E-state index contributed by atoms with van der Waals surface area (Å²) in [4.78, 5) is 20.6. The quantitative estimate of drug-likeness (QED) is 0.200. The highest BCUT2D eigenvalue weighted by Crippen LogP contribution is 2.37. The Labute approximate surface area is 221 Å². The molecule has 3 heterocycles. The van der Waals surface area contributed by atoms with Crippen LogP contribution in [0.4, 0.5) is 0 Å². The number of nitrogens with zero attached hydrogens (tertiary/aromatic N) is 2. The Morgan fingerprint density at radius 2 is 1.89 bits per heavy atom. The van der Waals surface area contributed by atoms with Gasteiger partial charge in [0.1, 0.15) is 47.6 Å². The van der Waals surface area contributed by atoms with E-state index in [1.165, 1.54) is 26.4 Å². The fourth-order valence-corrected chi connectivity index (χ4v) is 5.18. The standard InChI is InChI=1S/C27H38N2O9/c1-15-18(36-26-22(32)21(31)24(34-5)27(3,4)38-26)10-9-17-20(30)19(25(33)37-23(15)17)16(2)28-35-14-13-29-11-7-6-8-12-29/h9-10,21-22,24,26,30-32H,6-8,11-14H2,1-5H3/t21-,22+,24+,26+/m0/s1. The Bertz CT molecular complexity index is 1220. The Kier molecular flexibility index (Phi) is 8.63. The number of aromatic hydroxyl groups is 1. The van der Waals surface area contributed by atoms with Gasteiger partial charge in [0.2, 0.25) is 6.29 Å². The number of methoxy groups -OCH3 is 1. The number of hydrogen-bond acceptors (Lipinski definition) is 11. The summed E-state index contributed by atoms with van der Waals surface area (Å²) in [5.74, 6) is -0.0256. The Morgan fingerprint density at radius 1 is 1.18 bits per heavy atom. The second-order valence-electron chi connectivity index (χ2n) is 10.4. The van der Waals surface area contributed by atoms with E-state index in [1.807, 2.05) is 0 Å². The average molecular weight is 535 g/mol. The molecule has 2 aromatic rings. The first kappa shape index (κ1) is 28.3. The van der Waals surface area contributed by atoms with Gasteiger partial charge in [0.15, 0.2) is 0 Å². The maximum atomic E-state index is 12.9. The van der Waals surface area contributed by atoms with Crippen LogP contribution in [-0.4, -0.2) is 89.5 Å². The molecule has 2 aliphatic rings. The lowest BCUT2D eigenvalue weighted by Crippen LogP contribution is -2.63. The van der Waals surface area contributed by atoms with Crippen molar-refractivity contribution in [2.45, 2.75) is 77.2 Å². The van der Waals surface area contributed by atoms with Crippen molar-refractivity contribution in [3.05, 3.63) is 33.7 Å². The van der Waals surface area contributed by atoms with Gasteiger partial charge in [-0.3, -0.25) is 4.90 Å². The van der Waals surface area contributed by atoms with E-state index in [0.717, 1.165) is 19.6 Å².